The van der Waals surface area contributed by atoms with Crippen LogP contribution in [0.3, 0.4) is 0 Å². The number of aliphatic hydroxyl groups is 1. The lowest BCUT2D eigenvalue weighted by Crippen LogP contribution is -2.46. The molecule has 1 N–H and O–H groups in total. The highest BCUT2D eigenvalue weighted by molar-refractivity contribution is 5.42. The molecule has 0 aromatic heterocycles. The first-order valence-electron chi connectivity index (χ1n) is 11.0. The standard InChI is InChI=1S/C20H31NO4/c1-23-19-8-7-15(13-20(19)24-2)10-12-25-18-6-4-3-5-17(18)21-11-9-16(22)14-21/h7-8,13,16-18,22H,3-6,9-12,14H2,1-2H3/t16-,17-,18-/m1/s1/i10D2,12D2. The van der Waals surface area contributed by atoms with E-state index in [0.717, 1.165) is 25.8 Å². The molecule has 5 heteroatoms. The number of aryl methyl sites for hydroxylation is 1. The lowest BCUT2D eigenvalue weighted by Gasteiger charge is -2.37. The van der Waals surface area contributed by atoms with Crippen LogP contribution in [0.25, 0.3) is 0 Å². The van der Waals surface area contributed by atoms with E-state index in [2.05, 4.69) is 4.90 Å². The molecule has 2 fully saturated rings. The topological polar surface area (TPSA) is 51.2 Å². The second-order valence-corrected chi connectivity index (χ2v) is 6.74. The van der Waals surface area contributed by atoms with Gasteiger partial charge in [0.25, 0.3) is 0 Å². The fraction of sp³-hybridized carbons (Fsp3) is 0.700. The van der Waals surface area contributed by atoms with Gasteiger partial charge in [-0.05, 0) is 43.3 Å². The Bertz CT molecular complexity index is 703. The summed E-state index contributed by atoms with van der Waals surface area (Å²) < 4.78 is 50.2. The molecule has 1 saturated heterocycles. The van der Waals surface area contributed by atoms with Crippen molar-refractivity contribution in [2.75, 3.05) is 33.9 Å². The molecule has 0 unspecified atom stereocenters. The fourth-order valence-electron chi connectivity index (χ4n) is 3.78. The van der Waals surface area contributed by atoms with Crippen molar-refractivity contribution in [3.8, 4) is 11.5 Å². The van der Waals surface area contributed by atoms with E-state index in [-0.39, 0.29) is 17.7 Å². The summed E-state index contributed by atoms with van der Waals surface area (Å²) >= 11 is 0. The van der Waals surface area contributed by atoms with Gasteiger partial charge in [-0.25, -0.2) is 0 Å². The number of hydrogen-bond acceptors (Lipinski definition) is 5. The molecule has 140 valence electrons. The Morgan fingerprint density at radius 1 is 1.16 bits per heavy atom. The number of ether oxygens (including phenoxy) is 3. The fourth-order valence-corrected chi connectivity index (χ4v) is 3.78. The van der Waals surface area contributed by atoms with Gasteiger partial charge in [-0.1, -0.05) is 18.9 Å². The van der Waals surface area contributed by atoms with Crippen molar-refractivity contribution < 1.29 is 24.8 Å². The Kier molecular flexibility index (Phi) is 4.92. The molecule has 0 bridgehead atoms. The van der Waals surface area contributed by atoms with E-state index in [9.17, 15) is 5.11 Å². The van der Waals surface area contributed by atoms with Crippen LogP contribution in [0.4, 0.5) is 0 Å². The summed E-state index contributed by atoms with van der Waals surface area (Å²) in [5.41, 5.74) is 0.129. The molecule has 1 saturated carbocycles. The van der Waals surface area contributed by atoms with Gasteiger partial charge in [-0.2, -0.15) is 0 Å². The first-order valence-corrected chi connectivity index (χ1v) is 9.02. The number of rotatable bonds is 7. The van der Waals surface area contributed by atoms with E-state index < -0.39 is 19.0 Å². The number of β-amino-alcohol motifs (C(OH)–C–C–N with tert-alkyl or cyclic N) is 1. The molecule has 25 heavy (non-hydrogen) atoms. The maximum Gasteiger partial charge on any atom is 0.160 e. The minimum atomic E-state index is -2.54. The number of nitrogens with zero attached hydrogens (tertiary/aromatic N) is 1. The van der Waals surface area contributed by atoms with Crippen molar-refractivity contribution in [2.24, 2.45) is 0 Å². The summed E-state index contributed by atoms with van der Waals surface area (Å²) in [6.45, 7) is -1.21. The van der Waals surface area contributed by atoms with Gasteiger partial charge in [-0.3, -0.25) is 4.90 Å². The van der Waals surface area contributed by atoms with Crippen LogP contribution >= 0.6 is 0 Å². The first kappa shape index (κ1) is 13.8. The summed E-state index contributed by atoms with van der Waals surface area (Å²) in [7, 11) is 2.95. The Morgan fingerprint density at radius 3 is 2.68 bits per heavy atom. The molecular weight excluding hydrogens is 318 g/mol. The maximum atomic E-state index is 9.88. The number of likely N-dealkylation sites (tertiary alicyclic amines) is 1. The molecule has 0 spiro atoms. The van der Waals surface area contributed by atoms with Crippen LogP contribution < -0.4 is 9.47 Å². The van der Waals surface area contributed by atoms with Crippen LogP contribution in [-0.4, -0.2) is 62.1 Å². The minimum absolute atomic E-state index is 0.00261. The molecule has 5 nitrogen and oxygen atoms in total. The third kappa shape index (κ3) is 4.66. The van der Waals surface area contributed by atoms with Gasteiger partial charge in [0.1, 0.15) is 0 Å². The van der Waals surface area contributed by atoms with Crippen molar-refractivity contribution in [1.82, 2.24) is 4.90 Å². The molecule has 1 heterocycles. The van der Waals surface area contributed by atoms with Crippen molar-refractivity contribution in [2.45, 2.75) is 56.7 Å². The number of hydrogen-bond donors (Lipinski definition) is 1. The lowest BCUT2D eigenvalue weighted by molar-refractivity contribution is -0.0316. The second-order valence-electron chi connectivity index (χ2n) is 6.74. The molecule has 1 aromatic carbocycles. The summed E-state index contributed by atoms with van der Waals surface area (Å²) in [6, 6.07) is 4.52. The average Bonchev–Trinajstić information content (AvgIpc) is 3.13. The minimum Gasteiger partial charge on any atom is -0.493 e. The van der Waals surface area contributed by atoms with E-state index in [4.69, 9.17) is 19.7 Å². The monoisotopic (exact) mass is 353 g/mol. The van der Waals surface area contributed by atoms with E-state index in [1.165, 1.54) is 26.4 Å². The first-order chi connectivity index (χ1) is 13.7. The van der Waals surface area contributed by atoms with Gasteiger partial charge < -0.3 is 19.3 Å². The summed E-state index contributed by atoms with van der Waals surface area (Å²) in [4.78, 5) is 2.16. The average molecular weight is 353 g/mol. The number of aliphatic hydroxyl groups excluding tert-OH is 1. The van der Waals surface area contributed by atoms with Crippen LogP contribution in [-0.2, 0) is 11.1 Å². The maximum absolute atomic E-state index is 9.88. The second kappa shape index (κ2) is 8.88. The molecule has 3 atom stereocenters. The van der Waals surface area contributed by atoms with Crippen molar-refractivity contribution in [3.63, 3.8) is 0 Å². The predicted octanol–water partition coefficient (Wildman–Crippen LogP) is 2.64. The molecule has 1 aliphatic heterocycles. The number of benzene rings is 1. The third-order valence-corrected chi connectivity index (χ3v) is 5.12. The molecular formula is C20H31NO4. The quantitative estimate of drug-likeness (QED) is 0.817. The van der Waals surface area contributed by atoms with Crippen LogP contribution in [0.5, 0.6) is 11.5 Å². The van der Waals surface area contributed by atoms with Crippen LogP contribution in [0.15, 0.2) is 18.2 Å². The van der Waals surface area contributed by atoms with Gasteiger partial charge in [0, 0.05) is 21.9 Å². The smallest absolute Gasteiger partial charge is 0.160 e. The SMILES string of the molecule is [2H]C([2H])(O[C@@H]1CCCC[C@H]1N1CC[C@@H](O)C1)C([2H])([2H])c1ccc(OC)c(OC)c1. The Labute approximate surface area is 156 Å². The zero-order valence-electron chi connectivity index (χ0n) is 19.0. The highest BCUT2D eigenvalue weighted by atomic mass is 16.5. The molecule has 0 amide bonds. The molecule has 1 aromatic rings. The van der Waals surface area contributed by atoms with Crippen molar-refractivity contribution >= 4 is 0 Å². The van der Waals surface area contributed by atoms with E-state index in [0.29, 0.717) is 30.9 Å². The van der Waals surface area contributed by atoms with Gasteiger partial charge in [0.05, 0.1) is 35.7 Å². The summed E-state index contributed by atoms with van der Waals surface area (Å²) in [5, 5.41) is 9.88. The van der Waals surface area contributed by atoms with E-state index >= 15 is 0 Å². The van der Waals surface area contributed by atoms with Gasteiger partial charge in [-0.15, -0.1) is 0 Å². The largest absolute Gasteiger partial charge is 0.493 e. The van der Waals surface area contributed by atoms with E-state index in [1.54, 1.807) is 6.07 Å². The van der Waals surface area contributed by atoms with Crippen LogP contribution in [0, 0.1) is 0 Å². The highest BCUT2D eigenvalue weighted by Gasteiger charge is 2.34. The van der Waals surface area contributed by atoms with Crippen molar-refractivity contribution in [3.05, 3.63) is 23.8 Å². The lowest BCUT2D eigenvalue weighted by atomic mass is 9.91. The summed E-state index contributed by atoms with van der Waals surface area (Å²) in [6.07, 6.45) is 1.05. The molecule has 3 rings (SSSR count). The normalized spacial score (nSPS) is 30.9. The molecule has 2 aliphatic rings. The Morgan fingerprint density at radius 2 is 1.96 bits per heavy atom. The molecule has 1 aliphatic carbocycles. The van der Waals surface area contributed by atoms with E-state index in [1.807, 2.05) is 0 Å². The summed E-state index contributed by atoms with van der Waals surface area (Å²) in [5.74, 6) is 0.791. The van der Waals surface area contributed by atoms with Gasteiger partial charge in [0.2, 0.25) is 0 Å². The van der Waals surface area contributed by atoms with Crippen LogP contribution in [0.2, 0.25) is 0 Å². The predicted molar refractivity (Wildman–Crippen MR) is 97.4 cm³/mol. The number of methoxy groups -OCH3 is 2. The van der Waals surface area contributed by atoms with Gasteiger partial charge >= 0.3 is 0 Å². The Hall–Kier alpha value is -1.30. The zero-order chi connectivity index (χ0) is 21.2. The highest BCUT2D eigenvalue weighted by Crippen LogP contribution is 2.30. The van der Waals surface area contributed by atoms with Gasteiger partial charge in [0.15, 0.2) is 11.5 Å². The Balaban J connectivity index is 1.80. The zero-order valence-corrected chi connectivity index (χ0v) is 15.0. The van der Waals surface area contributed by atoms with Crippen molar-refractivity contribution in [1.29, 1.82) is 0 Å². The third-order valence-electron chi connectivity index (χ3n) is 5.12. The molecule has 0 radical (unpaired) electrons. The van der Waals surface area contributed by atoms with Crippen LogP contribution in [0.1, 0.15) is 43.2 Å².